The molecule has 3 rings (SSSR count). The van der Waals surface area contributed by atoms with E-state index in [1.165, 1.54) is 13.2 Å². The number of benzene rings is 2. The minimum Gasteiger partial charge on any atom is -0.494 e. The molecule has 3 aromatic rings. The molecule has 0 aliphatic rings. The van der Waals surface area contributed by atoms with Crippen LogP contribution in [-0.2, 0) is 0 Å². The number of nitrogens with one attached hydrogen (secondary N) is 1. The number of amides is 1. The second-order valence-corrected chi connectivity index (χ2v) is 6.14. The van der Waals surface area contributed by atoms with Gasteiger partial charge in [-0.3, -0.25) is 9.78 Å². The molecule has 0 radical (unpaired) electrons. The third-order valence-corrected chi connectivity index (χ3v) is 4.39. The number of carbonyl (C=O) groups excluding carboxylic acids is 1. The van der Waals surface area contributed by atoms with E-state index in [-0.39, 0.29) is 11.8 Å². The molecule has 0 unspecified atom stereocenters. The van der Waals surface area contributed by atoms with Gasteiger partial charge in [0.2, 0.25) is 0 Å². The molecule has 1 amide bonds. The maximum absolute atomic E-state index is 14.0. The number of primary amides is 1. The maximum Gasteiger partial charge on any atom is 0.250 e. The lowest BCUT2D eigenvalue weighted by Crippen LogP contribution is -2.13. The number of halogens is 1. The number of pyridine rings is 1. The van der Waals surface area contributed by atoms with Gasteiger partial charge in [0.05, 0.1) is 18.2 Å². The molecule has 0 bridgehead atoms. The van der Waals surface area contributed by atoms with Crippen LogP contribution in [0.1, 0.15) is 34.5 Å². The zero-order valence-corrected chi connectivity index (χ0v) is 14.8. The number of rotatable bonds is 5. The summed E-state index contributed by atoms with van der Waals surface area (Å²) in [7, 11) is 1.43. The van der Waals surface area contributed by atoms with Crippen molar-refractivity contribution in [1.82, 2.24) is 4.98 Å². The highest BCUT2D eigenvalue weighted by atomic mass is 19.1. The Hall–Kier alpha value is -3.15. The zero-order chi connectivity index (χ0) is 18.8. The van der Waals surface area contributed by atoms with Crippen molar-refractivity contribution in [2.45, 2.75) is 19.9 Å². The van der Waals surface area contributed by atoms with Gasteiger partial charge < -0.3 is 15.8 Å². The second kappa shape index (κ2) is 7.00. The van der Waals surface area contributed by atoms with Gasteiger partial charge >= 0.3 is 0 Å². The highest BCUT2D eigenvalue weighted by Crippen LogP contribution is 2.31. The maximum atomic E-state index is 14.0. The van der Waals surface area contributed by atoms with Crippen LogP contribution in [0, 0.1) is 12.7 Å². The van der Waals surface area contributed by atoms with Crippen molar-refractivity contribution in [2.75, 3.05) is 12.4 Å². The number of hydrogen-bond donors (Lipinski definition) is 2. The summed E-state index contributed by atoms with van der Waals surface area (Å²) in [6.45, 7) is 3.86. The van der Waals surface area contributed by atoms with Crippen molar-refractivity contribution < 1.29 is 13.9 Å². The molecule has 0 aliphatic carbocycles. The summed E-state index contributed by atoms with van der Waals surface area (Å²) in [5, 5.41) is 4.19. The minimum atomic E-state index is -0.525. The fourth-order valence-electron chi connectivity index (χ4n) is 2.96. The Morgan fingerprint density at radius 3 is 2.73 bits per heavy atom. The predicted molar refractivity (Wildman–Crippen MR) is 100.0 cm³/mol. The van der Waals surface area contributed by atoms with E-state index in [2.05, 4.69) is 10.3 Å². The molecule has 0 fully saturated rings. The topological polar surface area (TPSA) is 77.2 Å². The van der Waals surface area contributed by atoms with Crippen LogP contribution in [0.5, 0.6) is 5.75 Å². The number of hydrogen-bond acceptors (Lipinski definition) is 4. The summed E-state index contributed by atoms with van der Waals surface area (Å²) in [4.78, 5) is 16.0. The van der Waals surface area contributed by atoms with Crippen LogP contribution >= 0.6 is 0 Å². The fourth-order valence-corrected chi connectivity index (χ4v) is 2.96. The van der Waals surface area contributed by atoms with Gasteiger partial charge in [0.25, 0.3) is 5.91 Å². The number of ether oxygens (including phenoxy) is 1. The number of aromatic nitrogens is 1. The van der Waals surface area contributed by atoms with Crippen LogP contribution in [0.3, 0.4) is 0 Å². The molecule has 134 valence electrons. The van der Waals surface area contributed by atoms with Gasteiger partial charge in [-0.15, -0.1) is 0 Å². The van der Waals surface area contributed by atoms with Crippen LogP contribution < -0.4 is 15.8 Å². The molecule has 0 spiro atoms. The van der Waals surface area contributed by atoms with E-state index < -0.39 is 11.7 Å². The summed E-state index contributed by atoms with van der Waals surface area (Å²) in [6, 6.07) is 10.00. The van der Waals surface area contributed by atoms with E-state index in [4.69, 9.17) is 10.5 Å². The van der Waals surface area contributed by atoms with Crippen molar-refractivity contribution in [3.63, 3.8) is 0 Å². The molecule has 0 aliphatic heterocycles. The van der Waals surface area contributed by atoms with Crippen molar-refractivity contribution in [1.29, 1.82) is 0 Å². The molecule has 26 heavy (non-hydrogen) atoms. The quantitative estimate of drug-likeness (QED) is 0.728. The molecular formula is C20H20FN3O2. The predicted octanol–water partition coefficient (Wildman–Crippen LogP) is 3.96. The number of para-hydroxylation sites is 1. The molecular weight excluding hydrogens is 333 g/mol. The molecule has 6 heteroatoms. The van der Waals surface area contributed by atoms with Crippen molar-refractivity contribution in [3.05, 3.63) is 65.1 Å². The van der Waals surface area contributed by atoms with E-state index in [0.717, 1.165) is 22.2 Å². The van der Waals surface area contributed by atoms with Gasteiger partial charge in [-0.1, -0.05) is 18.2 Å². The lowest BCUT2D eigenvalue weighted by molar-refractivity contribution is 0.100. The van der Waals surface area contributed by atoms with Gasteiger partial charge in [0.1, 0.15) is 0 Å². The van der Waals surface area contributed by atoms with Crippen LogP contribution in [0.2, 0.25) is 0 Å². The van der Waals surface area contributed by atoms with Crippen LogP contribution in [0.25, 0.3) is 10.9 Å². The minimum absolute atomic E-state index is 0.169. The monoisotopic (exact) mass is 353 g/mol. The first kappa shape index (κ1) is 17.7. The molecule has 0 saturated heterocycles. The van der Waals surface area contributed by atoms with Gasteiger partial charge in [-0.2, -0.15) is 0 Å². The smallest absolute Gasteiger partial charge is 0.250 e. The van der Waals surface area contributed by atoms with Gasteiger partial charge in [-0.25, -0.2) is 4.39 Å². The van der Waals surface area contributed by atoms with Crippen LogP contribution in [-0.4, -0.2) is 18.0 Å². The molecule has 5 nitrogen and oxygen atoms in total. The lowest BCUT2D eigenvalue weighted by Gasteiger charge is -2.20. The summed E-state index contributed by atoms with van der Waals surface area (Å²) >= 11 is 0. The van der Waals surface area contributed by atoms with Crippen molar-refractivity contribution >= 4 is 22.5 Å². The van der Waals surface area contributed by atoms with E-state index in [9.17, 15) is 9.18 Å². The fraction of sp³-hybridized carbons (Fsp3) is 0.200. The number of aryl methyl sites for hydroxylation is 1. The van der Waals surface area contributed by atoms with Gasteiger partial charge in [0, 0.05) is 23.3 Å². The van der Waals surface area contributed by atoms with E-state index in [1.807, 2.05) is 26.0 Å². The molecule has 1 aromatic heterocycles. The average Bonchev–Trinajstić information content (AvgIpc) is 2.63. The Morgan fingerprint density at radius 1 is 1.31 bits per heavy atom. The summed E-state index contributed by atoms with van der Waals surface area (Å²) < 4.78 is 19.0. The lowest BCUT2D eigenvalue weighted by atomic mass is 10.0. The number of fused-ring (bicyclic) bond motifs is 1. The molecule has 1 atom stereocenters. The average molecular weight is 353 g/mol. The number of carbonyl (C=O) groups is 1. The van der Waals surface area contributed by atoms with E-state index >= 15 is 0 Å². The summed E-state index contributed by atoms with van der Waals surface area (Å²) in [6.07, 6.45) is 1.69. The Labute approximate surface area is 151 Å². The third-order valence-electron chi connectivity index (χ3n) is 4.39. The second-order valence-electron chi connectivity index (χ2n) is 6.14. The Kier molecular flexibility index (Phi) is 4.75. The first-order chi connectivity index (χ1) is 12.4. The number of anilines is 1. The van der Waals surface area contributed by atoms with Crippen LogP contribution in [0.4, 0.5) is 10.1 Å². The number of nitrogens with two attached hydrogens (primary N) is 1. The third kappa shape index (κ3) is 3.18. The summed E-state index contributed by atoms with van der Waals surface area (Å²) in [5.74, 6) is -0.730. The highest BCUT2D eigenvalue weighted by molar-refractivity contribution is 6.07. The Bertz CT molecular complexity index is 988. The summed E-state index contributed by atoms with van der Waals surface area (Å²) in [5.41, 5.74) is 8.89. The molecule has 3 N–H and O–H groups in total. The molecule has 2 aromatic carbocycles. The molecule has 1 heterocycles. The first-order valence-electron chi connectivity index (χ1n) is 8.20. The molecule has 0 saturated carbocycles. The highest BCUT2D eigenvalue weighted by Gasteiger charge is 2.15. The van der Waals surface area contributed by atoms with Crippen molar-refractivity contribution in [2.24, 2.45) is 5.73 Å². The van der Waals surface area contributed by atoms with Crippen molar-refractivity contribution in [3.8, 4) is 5.75 Å². The Morgan fingerprint density at radius 2 is 2.08 bits per heavy atom. The van der Waals surface area contributed by atoms with Crippen LogP contribution in [0.15, 0.2) is 42.6 Å². The largest absolute Gasteiger partial charge is 0.494 e. The van der Waals surface area contributed by atoms with Gasteiger partial charge in [0.15, 0.2) is 11.6 Å². The normalized spacial score (nSPS) is 12.0. The van der Waals surface area contributed by atoms with Gasteiger partial charge in [-0.05, 0) is 43.2 Å². The van der Waals surface area contributed by atoms with E-state index in [1.54, 1.807) is 24.4 Å². The number of methoxy groups -OCH3 is 1. The standard InChI is InChI=1S/C20H20FN3O2/c1-11-10-23-19-14(5-4-6-15(19)20(22)25)18(11)24-12(2)13-7-8-17(26-3)16(21)9-13/h4-10,12H,1-3H3,(H2,22,25)(H,23,24)/t12-/m1/s1. The first-order valence-corrected chi connectivity index (χ1v) is 8.20. The van der Waals surface area contributed by atoms with E-state index in [0.29, 0.717) is 11.1 Å². The number of nitrogens with zero attached hydrogens (tertiary/aromatic N) is 1. The Balaban J connectivity index is 2.03. The SMILES string of the molecule is COc1ccc([C@@H](C)Nc2c(C)cnc3c(C(N)=O)cccc23)cc1F. The zero-order valence-electron chi connectivity index (χ0n) is 14.8.